The van der Waals surface area contributed by atoms with Gasteiger partial charge in [-0.05, 0) is 6.92 Å². The second-order valence-electron chi connectivity index (χ2n) is 3.18. The summed E-state index contributed by atoms with van der Waals surface area (Å²) >= 11 is 1.41. The number of hydrogen-bond donors (Lipinski definition) is 1. The molecule has 0 aliphatic carbocycles. The molecule has 0 aliphatic rings. The number of nitrogens with one attached hydrogen (secondary N) is 1. The standard InChI is InChI=1S/C8H10N6O2S/c1-2-9-8-12-11-7(17-8)5-13-4-6(3-10-13)14(15)16/h3-4H,2,5H2,1H3,(H,9,12). The van der Waals surface area contributed by atoms with Crippen molar-refractivity contribution in [3.8, 4) is 0 Å². The summed E-state index contributed by atoms with van der Waals surface area (Å²) in [6.45, 7) is 3.14. The van der Waals surface area contributed by atoms with Gasteiger partial charge in [0.2, 0.25) is 5.13 Å². The number of hydrogen-bond acceptors (Lipinski definition) is 7. The largest absolute Gasteiger partial charge is 0.360 e. The van der Waals surface area contributed by atoms with E-state index in [-0.39, 0.29) is 5.69 Å². The summed E-state index contributed by atoms with van der Waals surface area (Å²) in [6.07, 6.45) is 2.58. The lowest BCUT2D eigenvalue weighted by Gasteiger charge is -1.94. The van der Waals surface area contributed by atoms with Crippen molar-refractivity contribution in [2.24, 2.45) is 0 Å². The van der Waals surface area contributed by atoms with E-state index in [4.69, 9.17) is 0 Å². The highest BCUT2D eigenvalue weighted by molar-refractivity contribution is 7.15. The summed E-state index contributed by atoms with van der Waals surface area (Å²) < 4.78 is 1.47. The summed E-state index contributed by atoms with van der Waals surface area (Å²) in [4.78, 5) is 9.99. The third-order valence-corrected chi connectivity index (χ3v) is 2.79. The zero-order valence-electron chi connectivity index (χ0n) is 9.03. The van der Waals surface area contributed by atoms with E-state index in [1.807, 2.05) is 6.92 Å². The third kappa shape index (κ3) is 2.75. The van der Waals surface area contributed by atoms with E-state index in [1.54, 1.807) is 0 Å². The molecule has 17 heavy (non-hydrogen) atoms. The van der Waals surface area contributed by atoms with E-state index in [0.29, 0.717) is 6.54 Å². The molecule has 1 N–H and O–H groups in total. The Morgan fingerprint density at radius 2 is 2.41 bits per heavy atom. The summed E-state index contributed by atoms with van der Waals surface area (Å²) in [5, 5.41) is 26.8. The topological polar surface area (TPSA) is 98.8 Å². The van der Waals surface area contributed by atoms with Gasteiger partial charge in [-0.25, -0.2) is 0 Å². The van der Waals surface area contributed by atoms with Gasteiger partial charge in [-0.15, -0.1) is 10.2 Å². The zero-order valence-corrected chi connectivity index (χ0v) is 9.85. The van der Waals surface area contributed by atoms with Crippen LogP contribution in [0.2, 0.25) is 0 Å². The fraction of sp³-hybridized carbons (Fsp3) is 0.375. The molecule has 2 aromatic heterocycles. The average Bonchev–Trinajstić information content (AvgIpc) is 2.89. The van der Waals surface area contributed by atoms with Gasteiger partial charge in [0.1, 0.15) is 17.4 Å². The lowest BCUT2D eigenvalue weighted by molar-refractivity contribution is -0.385. The van der Waals surface area contributed by atoms with E-state index in [2.05, 4.69) is 20.6 Å². The van der Waals surface area contributed by atoms with Crippen molar-refractivity contribution in [2.45, 2.75) is 13.5 Å². The van der Waals surface area contributed by atoms with Gasteiger partial charge in [0.15, 0.2) is 0 Å². The second-order valence-corrected chi connectivity index (χ2v) is 4.25. The smallest absolute Gasteiger partial charge is 0.307 e. The summed E-state index contributed by atoms with van der Waals surface area (Å²) in [5.41, 5.74) is -0.0265. The predicted molar refractivity (Wildman–Crippen MR) is 62.1 cm³/mol. The maximum Gasteiger partial charge on any atom is 0.307 e. The number of aromatic nitrogens is 4. The molecule has 0 amide bonds. The third-order valence-electron chi connectivity index (χ3n) is 1.92. The number of rotatable bonds is 5. The van der Waals surface area contributed by atoms with E-state index < -0.39 is 4.92 Å². The van der Waals surface area contributed by atoms with Crippen LogP contribution in [0.4, 0.5) is 10.8 Å². The van der Waals surface area contributed by atoms with Gasteiger partial charge in [-0.2, -0.15) is 5.10 Å². The van der Waals surface area contributed by atoms with Crippen molar-refractivity contribution < 1.29 is 4.92 Å². The maximum atomic E-state index is 10.5. The summed E-state index contributed by atoms with van der Waals surface area (Å²) in [7, 11) is 0. The second kappa shape index (κ2) is 4.87. The zero-order chi connectivity index (χ0) is 12.3. The first kappa shape index (κ1) is 11.5. The molecule has 9 heteroatoms. The molecule has 0 atom stereocenters. The van der Waals surface area contributed by atoms with Crippen molar-refractivity contribution in [3.63, 3.8) is 0 Å². The predicted octanol–water partition coefficient (Wildman–Crippen LogP) is 1.12. The molecule has 0 unspecified atom stereocenters. The van der Waals surface area contributed by atoms with Gasteiger partial charge < -0.3 is 5.32 Å². The SMILES string of the molecule is CCNc1nnc(Cn2cc([N+](=O)[O-])cn2)s1. The van der Waals surface area contributed by atoms with Gasteiger partial charge in [0.25, 0.3) is 0 Å². The molecule has 0 aromatic carbocycles. The minimum atomic E-state index is -0.479. The minimum Gasteiger partial charge on any atom is -0.360 e. The monoisotopic (exact) mass is 254 g/mol. The van der Waals surface area contributed by atoms with Crippen LogP contribution in [-0.4, -0.2) is 31.4 Å². The van der Waals surface area contributed by atoms with Crippen LogP contribution < -0.4 is 5.32 Å². The number of nitro groups is 1. The van der Waals surface area contributed by atoms with Gasteiger partial charge in [0, 0.05) is 6.54 Å². The lowest BCUT2D eigenvalue weighted by Crippen LogP contribution is -1.99. The van der Waals surface area contributed by atoms with Crippen molar-refractivity contribution in [1.82, 2.24) is 20.0 Å². The maximum absolute atomic E-state index is 10.5. The first-order valence-electron chi connectivity index (χ1n) is 4.92. The fourth-order valence-electron chi connectivity index (χ4n) is 1.21. The minimum absolute atomic E-state index is 0.0265. The van der Waals surface area contributed by atoms with Gasteiger partial charge in [-0.1, -0.05) is 11.3 Å². The van der Waals surface area contributed by atoms with Gasteiger partial charge >= 0.3 is 5.69 Å². The number of nitrogens with zero attached hydrogens (tertiary/aromatic N) is 5. The molecule has 2 heterocycles. The van der Waals surface area contributed by atoms with Gasteiger partial charge in [-0.3, -0.25) is 14.8 Å². The molecule has 0 saturated heterocycles. The molecule has 8 nitrogen and oxygen atoms in total. The molecule has 90 valence electrons. The Morgan fingerprint density at radius 1 is 1.59 bits per heavy atom. The molecule has 0 saturated carbocycles. The van der Waals surface area contributed by atoms with Crippen LogP contribution in [0.1, 0.15) is 11.9 Å². The first-order chi connectivity index (χ1) is 8.19. The van der Waals surface area contributed by atoms with Crippen LogP contribution in [0.5, 0.6) is 0 Å². The van der Waals surface area contributed by atoms with Crippen molar-refractivity contribution in [2.75, 3.05) is 11.9 Å². The molecule has 0 radical (unpaired) electrons. The molecule has 2 rings (SSSR count). The Bertz CT molecular complexity index is 522. The van der Waals surface area contributed by atoms with Crippen LogP contribution in [0, 0.1) is 10.1 Å². The van der Waals surface area contributed by atoms with Crippen molar-refractivity contribution >= 4 is 22.2 Å². The van der Waals surface area contributed by atoms with Gasteiger partial charge in [0.05, 0.1) is 11.5 Å². The lowest BCUT2D eigenvalue weighted by atomic mass is 10.6. The highest BCUT2D eigenvalue weighted by Crippen LogP contribution is 2.16. The Balaban J connectivity index is 2.05. The molecule has 0 fully saturated rings. The molecular formula is C8H10N6O2S. The molecule has 2 aromatic rings. The van der Waals surface area contributed by atoms with Crippen LogP contribution in [0.15, 0.2) is 12.4 Å². The van der Waals surface area contributed by atoms with E-state index in [0.717, 1.165) is 16.7 Å². The summed E-state index contributed by atoms with van der Waals surface area (Å²) in [5.74, 6) is 0. The molecule has 0 spiro atoms. The van der Waals surface area contributed by atoms with Crippen LogP contribution in [0.3, 0.4) is 0 Å². The van der Waals surface area contributed by atoms with E-state index in [9.17, 15) is 10.1 Å². The molecule has 0 bridgehead atoms. The summed E-state index contributed by atoms with van der Waals surface area (Å²) in [6, 6.07) is 0. The Hall–Kier alpha value is -2.03. The average molecular weight is 254 g/mol. The van der Waals surface area contributed by atoms with Crippen molar-refractivity contribution in [3.05, 3.63) is 27.5 Å². The van der Waals surface area contributed by atoms with E-state index in [1.165, 1.54) is 28.4 Å². The van der Waals surface area contributed by atoms with Crippen LogP contribution >= 0.6 is 11.3 Å². The Kier molecular flexibility index (Phi) is 3.28. The van der Waals surface area contributed by atoms with E-state index >= 15 is 0 Å². The molecule has 0 aliphatic heterocycles. The number of anilines is 1. The quantitative estimate of drug-likeness (QED) is 0.634. The highest BCUT2D eigenvalue weighted by Gasteiger charge is 2.10. The first-order valence-corrected chi connectivity index (χ1v) is 5.73. The normalized spacial score (nSPS) is 10.4. The van der Waals surface area contributed by atoms with Crippen LogP contribution in [-0.2, 0) is 6.54 Å². The molecular weight excluding hydrogens is 244 g/mol. The Morgan fingerprint density at radius 3 is 3.06 bits per heavy atom. The van der Waals surface area contributed by atoms with Crippen molar-refractivity contribution in [1.29, 1.82) is 0 Å². The highest BCUT2D eigenvalue weighted by atomic mass is 32.1. The fourth-order valence-corrected chi connectivity index (χ4v) is 2.01. The Labute approximate surface area is 100 Å². The van der Waals surface area contributed by atoms with Crippen LogP contribution in [0.25, 0.3) is 0 Å².